The van der Waals surface area contributed by atoms with E-state index in [0.29, 0.717) is 11.3 Å². The van der Waals surface area contributed by atoms with Crippen molar-refractivity contribution in [2.24, 2.45) is 12.1 Å². The van der Waals surface area contributed by atoms with Crippen LogP contribution in [0.1, 0.15) is 5.56 Å². The van der Waals surface area contributed by atoms with Crippen LogP contribution in [0.15, 0.2) is 58.8 Å². The van der Waals surface area contributed by atoms with Crippen LogP contribution >= 0.6 is 11.8 Å². The van der Waals surface area contributed by atoms with Crippen molar-refractivity contribution in [3.05, 3.63) is 54.1 Å². The van der Waals surface area contributed by atoms with Gasteiger partial charge in [-0.25, -0.2) is 10.4 Å². The molecule has 0 fully saturated rings. The molecule has 3 rings (SSSR count). The SMILES string of the molecule is Cn1c(SCC(=O)N/N=C\c2ccccc2OCC(=O)[O-])nc2ccccc21. The van der Waals surface area contributed by atoms with Crippen molar-refractivity contribution in [2.45, 2.75) is 5.16 Å². The number of carboxylic acids is 1. The molecule has 0 aliphatic rings. The number of aryl methyl sites for hydroxylation is 1. The number of imidazole rings is 1. The Kier molecular flexibility index (Phi) is 6.28. The van der Waals surface area contributed by atoms with Gasteiger partial charge in [0.1, 0.15) is 12.4 Å². The van der Waals surface area contributed by atoms with Gasteiger partial charge in [0.05, 0.1) is 29.0 Å². The third-order valence-corrected chi connectivity index (χ3v) is 4.77. The van der Waals surface area contributed by atoms with E-state index in [1.54, 1.807) is 24.3 Å². The summed E-state index contributed by atoms with van der Waals surface area (Å²) in [5, 5.41) is 15.2. The Labute approximate surface area is 165 Å². The summed E-state index contributed by atoms with van der Waals surface area (Å²) in [7, 11) is 1.90. The number of rotatable bonds is 8. The lowest BCUT2D eigenvalue weighted by Gasteiger charge is -2.09. The number of thioether (sulfide) groups is 1. The summed E-state index contributed by atoms with van der Waals surface area (Å²) in [5.74, 6) is -1.13. The van der Waals surface area contributed by atoms with Gasteiger partial charge in [0, 0.05) is 12.6 Å². The van der Waals surface area contributed by atoms with Crippen LogP contribution in [0.3, 0.4) is 0 Å². The third kappa shape index (κ3) is 4.89. The fraction of sp³-hybridized carbons (Fsp3) is 0.158. The molecule has 0 unspecified atom stereocenters. The number of hydrazone groups is 1. The molecular weight excluding hydrogens is 380 g/mol. The molecule has 0 atom stereocenters. The highest BCUT2D eigenvalue weighted by atomic mass is 32.2. The predicted octanol–water partition coefficient (Wildman–Crippen LogP) is 0.944. The first-order chi connectivity index (χ1) is 13.5. The van der Waals surface area contributed by atoms with Crippen LogP contribution in [0.25, 0.3) is 11.0 Å². The Morgan fingerprint density at radius 3 is 2.79 bits per heavy atom. The molecule has 144 valence electrons. The predicted molar refractivity (Wildman–Crippen MR) is 104 cm³/mol. The molecule has 0 spiro atoms. The van der Waals surface area contributed by atoms with Crippen LogP contribution in [-0.2, 0) is 16.6 Å². The number of amides is 1. The van der Waals surface area contributed by atoms with Crippen LogP contribution in [0.4, 0.5) is 0 Å². The van der Waals surface area contributed by atoms with Gasteiger partial charge in [0.25, 0.3) is 5.91 Å². The number of aromatic nitrogens is 2. The maximum Gasteiger partial charge on any atom is 0.250 e. The zero-order valence-corrected chi connectivity index (χ0v) is 15.8. The van der Waals surface area contributed by atoms with Crippen molar-refractivity contribution in [2.75, 3.05) is 12.4 Å². The summed E-state index contributed by atoms with van der Waals surface area (Å²) in [5.41, 5.74) is 4.84. The Bertz CT molecular complexity index is 1030. The average Bonchev–Trinajstić information content (AvgIpc) is 3.01. The Morgan fingerprint density at radius 2 is 2.00 bits per heavy atom. The molecule has 28 heavy (non-hydrogen) atoms. The fourth-order valence-corrected chi connectivity index (χ4v) is 3.22. The van der Waals surface area contributed by atoms with Crippen LogP contribution in [-0.4, -0.2) is 40.0 Å². The molecule has 0 radical (unpaired) electrons. The molecule has 0 saturated heterocycles. The van der Waals surface area contributed by atoms with E-state index >= 15 is 0 Å². The zero-order valence-electron chi connectivity index (χ0n) is 15.0. The molecule has 1 amide bonds. The topological polar surface area (TPSA) is 109 Å². The van der Waals surface area contributed by atoms with E-state index in [9.17, 15) is 14.7 Å². The smallest absolute Gasteiger partial charge is 0.250 e. The van der Waals surface area contributed by atoms with Gasteiger partial charge in [-0.3, -0.25) is 4.79 Å². The number of fused-ring (bicyclic) bond motifs is 1. The minimum Gasteiger partial charge on any atom is -0.546 e. The average molecular weight is 397 g/mol. The van der Waals surface area contributed by atoms with Gasteiger partial charge in [0.15, 0.2) is 5.16 Å². The maximum absolute atomic E-state index is 12.0. The number of ether oxygens (including phenoxy) is 1. The lowest BCUT2D eigenvalue weighted by atomic mass is 10.2. The minimum atomic E-state index is -1.32. The molecule has 0 saturated carbocycles. The maximum atomic E-state index is 12.0. The molecule has 0 bridgehead atoms. The second-order valence-corrected chi connectivity index (χ2v) is 6.66. The molecule has 2 aromatic carbocycles. The standard InChI is InChI=1S/C19H18N4O4S/c1-23-15-8-4-3-7-14(15)21-19(23)28-12-17(24)22-20-10-13-6-2-5-9-16(13)27-11-18(25)26/h2-10H,11-12H2,1H3,(H,22,24)(H,25,26)/p-1/b20-10-. The summed E-state index contributed by atoms with van der Waals surface area (Å²) in [6, 6.07) is 14.5. The van der Waals surface area contributed by atoms with Crippen LogP contribution in [0.2, 0.25) is 0 Å². The lowest BCUT2D eigenvalue weighted by molar-refractivity contribution is -0.307. The number of nitrogens with zero attached hydrogens (tertiary/aromatic N) is 3. The van der Waals surface area contributed by atoms with Gasteiger partial charge in [-0.05, 0) is 24.3 Å². The molecule has 0 aliphatic heterocycles. The van der Waals surface area contributed by atoms with Crippen molar-refractivity contribution in [1.82, 2.24) is 15.0 Å². The van der Waals surface area contributed by atoms with Crippen molar-refractivity contribution in [3.63, 3.8) is 0 Å². The molecule has 1 N–H and O–H groups in total. The van der Waals surface area contributed by atoms with E-state index in [1.807, 2.05) is 35.9 Å². The van der Waals surface area contributed by atoms with Crippen molar-refractivity contribution >= 4 is 40.9 Å². The van der Waals surface area contributed by atoms with Gasteiger partial charge < -0.3 is 19.2 Å². The normalized spacial score (nSPS) is 11.0. The number of nitrogens with one attached hydrogen (secondary N) is 1. The molecule has 8 nitrogen and oxygen atoms in total. The molecule has 3 aromatic rings. The van der Waals surface area contributed by atoms with Gasteiger partial charge >= 0.3 is 0 Å². The van der Waals surface area contributed by atoms with Gasteiger partial charge in [-0.15, -0.1) is 0 Å². The summed E-state index contributed by atoms with van der Waals surface area (Å²) in [6.07, 6.45) is 1.39. The highest BCUT2D eigenvalue weighted by Crippen LogP contribution is 2.22. The third-order valence-electron chi connectivity index (χ3n) is 3.74. The van der Waals surface area contributed by atoms with Crippen molar-refractivity contribution < 1.29 is 19.4 Å². The molecule has 9 heteroatoms. The minimum absolute atomic E-state index is 0.150. The lowest BCUT2D eigenvalue weighted by Crippen LogP contribution is -2.29. The number of benzene rings is 2. The Hall–Kier alpha value is -3.33. The monoisotopic (exact) mass is 397 g/mol. The molecule has 1 heterocycles. The Balaban J connectivity index is 1.55. The Morgan fingerprint density at radius 1 is 1.25 bits per heavy atom. The number of hydrogen-bond acceptors (Lipinski definition) is 7. The summed E-state index contributed by atoms with van der Waals surface area (Å²) in [6.45, 7) is -0.564. The number of carbonyl (C=O) groups is 2. The van der Waals surface area contributed by atoms with Gasteiger partial charge in [0.2, 0.25) is 0 Å². The van der Waals surface area contributed by atoms with E-state index in [4.69, 9.17) is 4.74 Å². The van der Waals surface area contributed by atoms with E-state index < -0.39 is 12.6 Å². The van der Waals surface area contributed by atoms with E-state index in [2.05, 4.69) is 15.5 Å². The highest BCUT2D eigenvalue weighted by Gasteiger charge is 2.10. The first-order valence-electron chi connectivity index (χ1n) is 8.32. The summed E-state index contributed by atoms with van der Waals surface area (Å²) < 4.78 is 7.05. The highest BCUT2D eigenvalue weighted by molar-refractivity contribution is 7.99. The molecule has 0 aliphatic carbocycles. The van der Waals surface area contributed by atoms with Crippen LogP contribution < -0.4 is 15.3 Å². The fourth-order valence-electron chi connectivity index (χ4n) is 2.44. The quantitative estimate of drug-likeness (QED) is 0.344. The summed E-state index contributed by atoms with van der Waals surface area (Å²) in [4.78, 5) is 27.1. The zero-order chi connectivity index (χ0) is 19.9. The number of carbonyl (C=O) groups excluding carboxylic acids is 2. The number of carboxylic acid groups (broad SMARTS) is 1. The van der Waals surface area contributed by atoms with E-state index in [1.165, 1.54) is 18.0 Å². The van der Waals surface area contributed by atoms with Gasteiger partial charge in [-0.1, -0.05) is 36.0 Å². The second kappa shape index (κ2) is 9.05. The number of para-hydroxylation sites is 3. The molecular formula is C19H17N4O4S-. The van der Waals surface area contributed by atoms with Gasteiger partial charge in [-0.2, -0.15) is 5.10 Å². The van der Waals surface area contributed by atoms with Crippen molar-refractivity contribution in [1.29, 1.82) is 0 Å². The van der Waals surface area contributed by atoms with E-state index in [0.717, 1.165) is 16.2 Å². The summed E-state index contributed by atoms with van der Waals surface area (Å²) >= 11 is 1.31. The first-order valence-corrected chi connectivity index (χ1v) is 9.31. The van der Waals surface area contributed by atoms with Crippen LogP contribution in [0.5, 0.6) is 5.75 Å². The molecule has 1 aromatic heterocycles. The second-order valence-electron chi connectivity index (χ2n) is 5.72. The largest absolute Gasteiger partial charge is 0.546 e. The van der Waals surface area contributed by atoms with Crippen molar-refractivity contribution in [3.8, 4) is 5.75 Å². The van der Waals surface area contributed by atoms with E-state index in [-0.39, 0.29) is 11.7 Å². The first kappa shape index (κ1) is 19.4. The number of aliphatic carboxylic acids is 1. The number of hydrogen-bond donors (Lipinski definition) is 1. The van der Waals surface area contributed by atoms with Crippen LogP contribution in [0, 0.1) is 0 Å².